The Morgan fingerprint density at radius 3 is 2.83 bits per heavy atom. The zero-order valence-electron chi connectivity index (χ0n) is 9.05. The number of nitrogens with one attached hydrogen (secondary N) is 1. The van der Waals surface area contributed by atoms with Crippen LogP contribution in [0.25, 0.3) is 0 Å². The minimum absolute atomic E-state index is 0.0293. The molecule has 100 valence electrons. The van der Waals surface area contributed by atoms with Crippen LogP contribution in [0, 0.1) is 0 Å². The third-order valence-electron chi connectivity index (χ3n) is 2.34. The number of thioether (sulfide) groups is 1. The fourth-order valence-corrected chi connectivity index (χ4v) is 3.70. The largest absolute Gasteiger partial charge is 0.364 e. The van der Waals surface area contributed by atoms with E-state index < -0.39 is 30.1 Å². The van der Waals surface area contributed by atoms with Crippen LogP contribution in [-0.4, -0.2) is 36.4 Å². The first-order valence-corrected chi connectivity index (χ1v) is 7.72. The first-order valence-electron chi connectivity index (χ1n) is 4.99. The molecular formula is C8H11N2O6PS. The number of nitrogens with zero attached hydrogens (tertiary/aromatic N) is 1. The predicted octanol–water partition coefficient (Wildman–Crippen LogP) is -0.870. The van der Waals surface area contributed by atoms with Crippen LogP contribution in [0.3, 0.4) is 0 Å². The predicted molar refractivity (Wildman–Crippen MR) is 64.5 cm³/mol. The average molecular weight is 294 g/mol. The van der Waals surface area contributed by atoms with Crippen molar-refractivity contribution in [3.8, 4) is 0 Å². The standard InChI is InChI=1S/C8H11N2O6PS/c11-6-1-2-9-7(12)10(6)3-5-4-18-8(16-5)17(13,14)15/h1-2,5,8H,3-4H2,(H,9,12)(H2,13,14,15). The van der Waals surface area contributed by atoms with E-state index in [2.05, 4.69) is 4.98 Å². The van der Waals surface area contributed by atoms with E-state index in [1.54, 1.807) is 0 Å². The molecule has 2 rings (SSSR count). The highest BCUT2D eigenvalue weighted by molar-refractivity contribution is 8.05. The third kappa shape index (κ3) is 2.93. The summed E-state index contributed by atoms with van der Waals surface area (Å²) in [7, 11) is -4.31. The summed E-state index contributed by atoms with van der Waals surface area (Å²) in [5, 5.41) is -1.22. The summed E-state index contributed by atoms with van der Waals surface area (Å²) in [6, 6.07) is 1.20. The number of aromatic amines is 1. The molecule has 1 aromatic rings. The van der Waals surface area contributed by atoms with Gasteiger partial charge in [-0.15, -0.1) is 11.8 Å². The Bertz CT molecular complexity index is 563. The monoisotopic (exact) mass is 294 g/mol. The van der Waals surface area contributed by atoms with Crippen molar-refractivity contribution in [3.63, 3.8) is 0 Å². The van der Waals surface area contributed by atoms with Gasteiger partial charge in [0.25, 0.3) is 5.56 Å². The van der Waals surface area contributed by atoms with Crippen molar-refractivity contribution in [3.05, 3.63) is 33.1 Å². The molecule has 2 heterocycles. The van der Waals surface area contributed by atoms with E-state index >= 15 is 0 Å². The topological polar surface area (TPSA) is 122 Å². The molecule has 0 amide bonds. The van der Waals surface area contributed by atoms with Gasteiger partial charge in [0.15, 0.2) is 0 Å². The summed E-state index contributed by atoms with van der Waals surface area (Å²) < 4.78 is 17.0. The summed E-state index contributed by atoms with van der Waals surface area (Å²) >= 11 is 0.975. The molecule has 0 bridgehead atoms. The van der Waals surface area contributed by atoms with Crippen LogP contribution in [0.5, 0.6) is 0 Å². The van der Waals surface area contributed by atoms with Crippen LogP contribution in [0.15, 0.2) is 21.9 Å². The first-order chi connectivity index (χ1) is 8.38. The van der Waals surface area contributed by atoms with Gasteiger partial charge in [-0.05, 0) is 0 Å². The highest BCUT2D eigenvalue weighted by Crippen LogP contribution is 2.51. The molecule has 10 heteroatoms. The van der Waals surface area contributed by atoms with E-state index in [9.17, 15) is 14.2 Å². The van der Waals surface area contributed by atoms with Crippen LogP contribution in [0.4, 0.5) is 0 Å². The number of H-pyrrole nitrogens is 1. The molecule has 0 aliphatic carbocycles. The van der Waals surface area contributed by atoms with Crippen molar-refractivity contribution < 1.29 is 19.1 Å². The van der Waals surface area contributed by atoms with E-state index in [-0.39, 0.29) is 6.54 Å². The van der Waals surface area contributed by atoms with Crippen molar-refractivity contribution in [2.75, 3.05) is 5.75 Å². The summed E-state index contributed by atoms with van der Waals surface area (Å²) in [6.45, 7) is -0.0293. The van der Waals surface area contributed by atoms with Crippen molar-refractivity contribution in [2.24, 2.45) is 0 Å². The fourth-order valence-electron chi connectivity index (χ4n) is 1.53. The van der Waals surface area contributed by atoms with Gasteiger partial charge < -0.3 is 19.5 Å². The smallest absolute Gasteiger partial charge is 0.349 e. The molecular weight excluding hydrogens is 283 g/mol. The van der Waals surface area contributed by atoms with Crippen molar-refractivity contribution in [1.82, 2.24) is 9.55 Å². The van der Waals surface area contributed by atoms with Crippen molar-refractivity contribution in [2.45, 2.75) is 17.8 Å². The van der Waals surface area contributed by atoms with Crippen LogP contribution in [0.2, 0.25) is 0 Å². The minimum Gasteiger partial charge on any atom is -0.349 e. The normalized spacial score (nSPS) is 24.3. The lowest BCUT2D eigenvalue weighted by Gasteiger charge is -2.13. The number of hydrogen-bond acceptors (Lipinski definition) is 5. The summed E-state index contributed by atoms with van der Waals surface area (Å²) in [4.78, 5) is 43.1. The number of ether oxygens (including phenoxy) is 1. The molecule has 3 N–H and O–H groups in total. The van der Waals surface area contributed by atoms with E-state index in [1.807, 2.05) is 0 Å². The zero-order valence-corrected chi connectivity index (χ0v) is 10.8. The van der Waals surface area contributed by atoms with E-state index in [0.29, 0.717) is 5.75 Å². The second kappa shape index (κ2) is 5.02. The number of rotatable bonds is 3. The maximum absolute atomic E-state index is 11.4. The highest BCUT2D eigenvalue weighted by atomic mass is 32.2. The van der Waals surface area contributed by atoms with Gasteiger partial charge in [-0.2, -0.15) is 0 Å². The quantitative estimate of drug-likeness (QED) is 0.619. The summed E-state index contributed by atoms with van der Waals surface area (Å²) in [6.07, 6.45) is 0.665. The SMILES string of the molecule is O=c1cc[nH]c(=O)n1CC1CSC(P(=O)(O)O)O1. The molecule has 1 saturated heterocycles. The van der Waals surface area contributed by atoms with E-state index in [4.69, 9.17) is 14.5 Å². The number of hydrogen-bond donors (Lipinski definition) is 3. The maximum atomic E-state index is 11.4. The Labute approximate surface area is 105 Å². The Balaban J connectivity index is 2.11. The van der Waals surface area contributed by atoms with Gasteiger partial charge in [-0.3, -0.25) is 13.9 Å². The van der Waals surface area contributed by atoms with Gasteiger partial charge >= 0.3 is 13.3 Å². The molecule has 0 spiro atoms. The van der Waals surface area contributed by atoms with Gasteiger partial charge in [0.2, 0.25) is 5.18 Å². The molecule has 1 aliphatic rings. The van der Waals surface area contributed by atoms with Gasteiger partial charge in [-0.1, -0.05) is 0 Å². The molecule has 0 saturated carbocycles. The summed E-state index contributed by atoms with van der Waals surface area (Å²) in [5.41, 5.74) is -1.05. The Kier molecular flexibility index (Phi) is 3.79. The van der Waals surface area contributed by atoms with Gasteiger partial charge in [0, 0.05) is 18.0 Å². The molecule has 0 radical (unpaired) electrons. The first kappa shape index (κ1) is 13.6. The van der Waals surface area contributed by atoms with E-state index in [0.717, 1.165) is 16.3 Å². The third-order valence-corrected chi connectivity index (χ3v) is 5.24. The summed E-state index contributed by atoms with van der Waals surface area (Å²) in [5.74, 6) is 0.316. The van der Waals surface area contributed by atoms with Gasteiger partial charge in [0.1, 0.15) is 0 Å². The zero-order chi connectivity index (χ0) is 13.3. The fraction of sp³-hybridized carbons (Fsp3) is 0.500. The van der Waals surface area contributed by atoms with Crippen LogP contribution < -0.4 is 11.2 Å². The lowest BCUT2D eigenvalue weighted by molar-refractivity contribution is 0.0755. The highest BCUT2D eigenvalue weighted by Gasteiger charge is 2.38. The molecule has 1 aromatic heterocycles. The van der Waals surface area contributed by atoms with Crippen molar-refractivity contribution >= 4 is 19.4 Å². The average Bonchev–Trinajstić information content (AvgIpc) is 2.72. The number of aromatic nitrogens is 2. The lowest BCUT2D eigenvalue weighted by Crippen LogP contribution is -2.38. The van der Waals surface area contributed by atoms with Crippen LogP contribution in [-0.2, 0) is 15.8 Å². The Hall–Kier alpha value is -0.860. The van der Waals surface area contributed by atoms with Crippen LogP contribution >= 0.6 is 19.4 Å². The maximum Gasteiger partial charge on any atom is 0.364 e. The molecule has 1 fully saturated rings. The van der Waals surface area contributed by atoms with Crippen molar-refractivity contribution in [1.29, 1.82) is 0 Å². The Morgan fingerprint density at radius 2 is 2.28 bits per heavy atom. The van der Waals surface area contributed by atoms with Crippen LogP contribution in [0.1, 0.15) is 0 Å². The second-order valence-corrected chi connectivity index (χ2v) is 6.81. The molecule has 8 nitrogen and oxygen atoms in total. The lowest BCUT2D eigenvalue weighted by atomic mass is 10.4. The molecule has 2 atom stereocenters. The molecule has 1 aliphatic heterocycles. The van der Waals surface area contributed by atoms with Gasteiger partial charge in [0.05, 0.1) is 12.6 Å². The molecule has 2 unspecified atom stereocenters. The second-order valence-electron chi connectivity index (χ2n) is 3.72. The molecule has 18 heavy (non-hydrogen) atoms. The van der Waals surface area contributed by atoms with E-state index in [1.165, 1.54) is 12.3 Å². The minimum atomic E-state index is -4.31. The van der Waals surface area contributed by atoms with Gasteiger partial charge in [-0.25, -0.2) is 4.79 Å². The Morgan fingerprint density at radius 1 is 1.56 bits per heavy atom. The molecule has 0 aromatic carbocycles.